The molecular weight excluding hydrogens is 274 g/mol. The van der Waals surface area contributed by atoms with Crippen molar-refractivity contribution in [2.24, 2.45) is 5.73 Å². The summed E-state index contributed by atoms with van der Waals surface area (Å²) in [4.78, 5) is 12.1. The van der Waals surface area contributed by atoms with Crippen molar-refractivity contribution >= 4 is 21.7 Å². The van der Waals surface area contributed by atoms with E-state index >= 15 is 0 Å². The van der Waals surface area contributed by atoms with Gasteiger partial charge in [0, 0.05) is 7.11 Å². The van der Waals surface area contributed by atoms with Crippen LogP contribution >= 0.6 is 15.9 Å². The number of ether oxygens (including phenoxy) is 1. The molecule has 0 aromatic carbocycles. The minimum Gasteiger partial charge on any atom is -0.383 e. The van der Waals surface area contributed by atoms with E-state index in [4.69, 9.17) is 10.5 Å². The van der Waals surface area contributed by atoms with Crippen LogP contribution in [0.25, 0.3) is 0 Å². The molecule has 0 saturated heterocycles. The van der Waals surface area contributed by atoms with Crippen molar-refractivity contribution in [1.29, 1.82) is 0 Å². The molecule has 16 heavy (non-hydrogen) atoms. The Hall–Kier alpha value is -0.720. The van der Waals surface area contributed by atoms with Crippen LogP contribution in [0, 0.1) is 0 Å². The maximum atomic E-state index is 12.1. The van der Waals surface area contributed by atoms with Gasteiger partial charge < -0.3 is 10.5 Å². The van der Waals surface area contributed by atoms with Gasteiger partial charge in [-0.3, -0.25) is 9.48 Å². The van der Waals surface area contributed by atoms with Gasteiger partial charge in [-0.15, -0.1) is 0 Å². The largest absolute Gasteiger partial charge is 0.383 e. The first-order valence-corrected chi connectivity index (χ1v) is 5.71. The van der Waals surface area contributed by atoms with Gasteiger partial charge in [0.15, 0.2) is 0 Å². The van der Waals surface area contributed by atoms with E-state index < -0.39 is 5.54 Å². The molecule has 0 aliphatic rings. The van der Waals surface area contributed by atoms with E-state index in [9.17, 15) is 4.79 Å². The highest BCUT2D eigenvalue weighted by Gasteiger charge is 2.28. The van der Waals surface area contributed by atoms with E-state index in [0.717, 1.165) is 0 Å². The van der Waals surface area contributed by atoms with Crippen molar-refractivity contribution in [3.05, 3.63) is 16.4 Å². The maximum Gasteiger partial charge on any atom is 0.201 e. The van der Waals surface area contributed by atoms with Gasteiger partial charge in [-0.1, -0.05) is 0 Å². The zero-order valence-corrected chi connectivity index (χ0v) is 11.2. The molecule has 90 valence electrons. The molecule has 0 saturated carbocycles. The van der Waals surface area contributed by atoms with Crippen LogP contribution in [-0.4, -0.2) is 34.8 Å². The quantitative estimate of drug-likeness (QED) is 0.828. The van der Waals surface area contributed by atoms with Crippen LogP contribution in [0.15, 0.2) is 10.7 Å². The Balaban J connectivity index is 3.02. The van der Waals surface area contributed by atoms with E-state index in [1.54, 1.807) is 31.8 Å². The summed E-state index contributed by atoms with van der Waals surface area (Å²) >= 11 is 3.30. The highest BCUT2D eigenvalue weighted by atomic mass is 79.9. The fourth-order valence-corrected chi connectivity index (χ4v) is 1.72. The van der Waals surface area contributed by atoms with Crippen molar-refractivity contribution in [1.82, 2.24) is 9.78 Å². The second-order valence-electron chi connectivity index (χ2n) is 4.11. The molecule has 1 rings (SSSR count). The molecule has 0 fully saturated rings. The molecule has 0 radical (unpaired) electrons. The van der Waals surface area contributed by atoms with Crippen molar-refractivity contribution in [3.8, 4) is 0 Å². The third-order valence-electron chi connectivity index (χ3n) is 2.10. The Kier molecular flexibility index (Phi) is 4.23. The van der Waals surface area contributed by atoms with Gasteiger partial charge in [0.2, 0.25) is 5.78 Å². The molecule has 1 heterocycles. The van der Waals surface area contributed by atoms with Crippen LogP contribution < -0.4 is 5.73 Å². The van der Waals surface area contributed by atoms with E-state index in [-0.39, 0.29) is 5.78 Å². The molecule has 1 aromatic heterocycles. The normalized spacial score (nSPS) is 11.8. The Morgan fingerprint density at radius 2 is 2.31 bits per heavy atom. The predicted octanol–water partition coefficient (Wildman–Crippen LogP) is 1.21. The Labute approximate surface area is 103 Å². The number of Topliss-reactive ketones (excluding diaryl/α,β-unsaturated/α-hetero) is 1. The molecule has 0 amide bonds. The third-order valence-corrected chi connectivity index (χ3v) is 2.68. The van der Waals surface area contributed by atoms with Gasteiger partial charge >= 0.3 is 0 Å². The van der Waals surface area contributed by atoms with Crippen LogP contribution in [0.1, 0.15) is 24.3 Å². The number of ketones is 1. The highest BCUT2D eigenvalue weighted by molar-refractivity contribution is 9.10. The number of aromatic nitrogens is 2. The molecule has 0 unspecified atom stereocenters. The zero-order chi connectivity index (χ0) is 12.3. The fraction of sp³-hybridized carbons (Fsp3) is 0.600. The number of nitrogens with two attached hydrogens (primary N) is 1. The number of carbonyl (C=O) groups is 1. The number of methoxy groups -OCH3 is 1. The number of halogens is 1. The highest BCUT2D eigenvalue weighted by Crippen LogP contribution is 2.20. The first-order valence-electron chi connectivity index (χ1n) is 4.92. The van der Waals surface area contributed by atoms with E-state index in [1.807, 2.05) is 0 Å². The first kappa shape index (κ1) is 13.3. The summed E-state index contributed by atoms with van der Waals surface area (Å²) in [6.45, 7) is 4.38. The molecule has 0 atom stereocenters. The number of hydrogen-bond donors (Lipinski definition) is 1. The summed E-state index contributed by atoms with van der Waals surface area (Å²) in [5.74, 6) is -0.145. The molecule has 6 heteroatoms. The summed E-state index contributed by atoms with van der Waals surface area (Å²) in [6.07, 6.45) is 1.59. The molecular formula is C10H16BrN3O2. The topological polar surface area (TPSA) is 70.1 Å². The van der Waals surface area contributed by atoms with Crippen LogP contribution in [0.4, 0.5) is 0 Å². The lowest BCUT2D eigenvalue weighted by molar-refractivity contribution is 0.0898. The van der Waals surface area contributed by atoms with Crippen molar-refractivity contribution < 1.29 is 9.53 Å². The van der Waals surface area contributed by atoms with E-state index in [1.165, 1.54) is 0 Å². The van der Waals surface area contributed by atoms with Gasteiger partial charge in [0.1, 0.15) is 5.69 Å². The summed E-state index contributed by atoms with van der Waals surface area (Å²) < 4.78 is 7.22. The van der Waals surface area contributed by atoms with Crippen molar-refractivity contribution in [3.63, 3.8) is 0 Å². The predicted molar refractivity (Wildman–Crippen MR) is 64.4 cm³/mol. The Morgan fingerprint density at radius 3 is 2.81 bits per heavy atom. The minimum absolute atomic E-state index is 0.145. The molecule has 0 bridgehead atoms. The van der Waals surface area contributed by atoms with Crippen molar-refractivity contribution in [2.75, 3.05) is 13.7 Å². The van der Waals surface area contributed by atoms with E-state index in [0.29, 0.717) is 23.3 Å². The minimum atomic E-state index is -0.909. The Morgan fingerprint density at radius 1 is 1.69 bits per heavy atom. The SMILES string of the molecule is COCCn1ncc(Br)c1C(=O)C(C)(C)N. The zero-order valence-electron chi connectivity index (χ0n) is 9.66. The summed E-state index contributed by atoms with van der Waals surface area (Å²) in [7, 11) is 1.60. The van der Waals surface area contributed by atoms with Gasteiger partial charge in [-0.25, -0.2) is 0 Å². The smallest absolute Gasteiger partial charge is 0.201 e. The van der Waals surface area contributed by atoms with Crippen LogP contribution in [0.5, 0.6) is 0 Å². The lowest BCUT2D eigenvalue weighted by Crippen LogP contribution is -2.42. The van der Waals surface area contributed by atoms with E-state index in [2.05, 4.69) is 21.0 Å². The second kappa shape index (κ2) is 5.07. The number of nitrogens with zero attached hydrogens (tertiary/aromatic N) is 2. The third kappa shape index (κ3) is 2.90. The fourth-order valence-electron chi connectivity index (χ4n) is 1.24. The standard InChI is InChI=1S/C10H16BrN3O2/c1-10(2,12)9(15)8-7(11)6-13-14(8)4-5-16-3/h6H,4-5,12H2,1-3H3. The second-order valence-corrected chi connectivity index (χ2v) is 4.96. The van der Waals surface area contributed by atoms with Gasteiger partial charge in [0.05, 0.1) is 29.4 Å². The van der Waals surface area contributed by atoms with Crippen molar-refractivity contribution in [2.45, 2.75) is 25.9 Å². The number of rotatable bonds is 5. The van der Waals surface area contributed by atoms with Gasteiger partial charge in [0.25, 0.3) is 0 Å². The van der Waals surface area contributed by atoms with Crippen LogP contribution in [0.2, 0.25) is 0 Å². The molecule has 1 aromatic rings. The average Bonchev–Trinajstić information content (AvgIpc) is 2.54. The summed E-state index contributed by atoms with van der Waals surface area (Å²) in [6, 6.07) is 0. The number of carbonyl (C=O) groups excluding carboxylic acids is 1. The summed E-state index contributed by atoms with van der Waals surface area (Å²) in [5, 5.41) is 4.10. The van der Waals surface area contributed by atoms with Crippen LogP contribution in [-0.2, 0) is 11.3 Å². The molecule has 0 aliphatic heterocycles. The molecule has 5 nitrogen and oxygen atoms in total. The van der Waals surface area contributed by atoms with Crippen LogP contribution in [0.3, 0.4) is 0 Å². The monoisotopic (exact) mass is 289 g/mol. The number of hydrogen-bond acceptors (Lipinski definition) is 4. The lowest BCUT2D eigenvalue weighted by atomic mass is 9.98. The maximum absolute atomic E-state index is 12.1. The van der Waals surface area contributed by atoms with Gasteiger partial charge in [-0.2, -0.15) is 5.10 Å². The molecule has 0 aliphatic carbocycles. The molecule has 2 N–H and O–H groups in total. The average molecular weight is 290 g/mol. The first-order chi connectivity index (χ1) is 7.38. The lowest BCUT2D eigenvalue weighted by Gasteiger charge is -2.17. The Bertz CT molecular complexity index is 382. The molecule has 0 spiro atoms. The van der Waals surface area contributed by atoms with Gasteiger partial charge in [-0.05, 0) is 29.8 Å². The summed E-state index contributed by atoms with van der Waals surface area (Å²) in [5.41, 5.74) is 5.37.